The van der Waals surface area contributed by atoms with Crippen molar-refractivity contribution in [2.45, 2.75) is 32.9 Å². The molecule has 1 saturated heterocycles. The van der Waals surface area contributed by atoms with Gasteiger partial charge in [-0.15, -0.1) is 0 Å². The molecule has 2 aromatic rings. The highest BCUT2D eigenvalue weighted by Gasteiger charge is 2.58. The number of benzene rings is 2. The second kappa shape index (κ2) is 8.56. The van der Waals surface area contributed by atoms with E-state index in [0.717, 1.165) is 11.1 Å². The van der Waals surface area contributed by atoms with Crippen molar-refractivity contribution in [2.75, 3.05) is 14.2 Å². The molecule has 2 unspecified atom stereocenters. The summed E-state index contributed by atoms with van der Waals surface area (Å²) in [5, 5.41) is 17.4. The molecule has 1 heterocycles. The monoisotopic (exact) mass is 437 g/mol. The lowest BCUT2D eigenvalue weighted by Crippen LogP contribution is -2.62. The van der Waals surface area contributed by atoms with Gasteiger partial charge in [-0.1, -0.05) is 45.0 Å². The number of thiocarbonyl (C=S) groups is 1. The van der Waals surface area contributed by atoms with Gasteiger partial charge in [-0.05, 0) is 47.6 Å². The summed E-state index contributed by atoms with van der Waals surface area (Å²) in [5.74, 6) is 1.21. The Bertz CT molecular complexity index is 945. The number of carbonyl (C=O) groups is 1. The molecule has 7 heteroatoms. The fraction of sp³-hybridized carbons (Fsp3) is 0.375. The van der Waals surface area contributed by atoms with Crippen LogP contribution in [0.3, 0.4) is 0 Å². The standard InChI is InChI=1S/C24H27N3O3S/c1-23(2,3)21(28)24(14-25)19(15-6-10-17(29-4)11-7-15)26-22(31)27-20(24)16-8-12-18(30-5)13-9-16/h6-13,19-20H,1-5H3,(H2,26,27,31). The van der Waals surface area contributed by atoms with E-state index < -0.39 is 22.9 Å². The van der Waals surface area contributed by atoms with Gasteiger partial charge in [0.25, 0.3) is 0 Å². The smallest absolute Gasteiger partial charge is 0.167 e. The minimum Gasteiger partial charge on any atom is -0.497 e. The normalized spacial score (nSPS) is 23.2. The van der Waals surface area contributed by atoms with Crippen LogP contribution in [0.15, 0.2) is 48.5 Å². The molecule has 0 spiro atoms. The SMILES string of the molecule is COc1ccc(C2NC(=S)NC(c3ccc(OC)cc3)C2(C#N)C(=O)C(C)(C)C)cc1. The number of ether oxygens (including phenoxy) is 2. The largest absolute Gasteiger partial charge is 0.497 e. The number of nitrogens with one attached hydrogen (secondary N) is 2. The first-order valence-corrected chi connectivity index (χ1v) is 10.4. The van der Waals surface area contributed by atoms with Gasteiger partial charge in [-0.25, -0.2) is 0 Å². The molecule has 0 saturated carbocycles. The zero-order valence-corrected chi connectivity index (χ0v) is 19.2. The molecule has 2 aromatic carbocycles. The lowest BCUT2D eigenvalue weighted by molar-refractivity contribution is -0.137. The van der Waals surface area contributed by atoms with Gasteiger partial charge >= 0.3 is 0 Å². The van der Waals surface area contributed by atoms with Crippen LogP contribution in [-0.2, 0) is 4.79 Å². The third-order valence-corrected chi connectivity index (χ3v) is 5.84. The molecule has 1 fully saturated rings. The minimum atomic E-state index is -1.45. The van der Waals surface area contributed by atoms with Gasteiger partial charge in [0.1, 0.15) is 11.5 Å². The average molecular weight is 438 g/mol. The Hall–Kier alpha value is -3.11. The van der Waals surface area contributed by atoms with Crippen molar-refractivity contribution in [1.82, 2.24) is 10.6 Å². The van der Waals surface area contributed by atoms with Crippen molar-refractivity contribution in [3.05, 3.63) is 59.7 Å². The second-order valence-corrected chi connectivity index (χ2v) is 9.00. The molecule has 0 aromatic heterocycles. The van der Waals surface area contributed by atoms with Gasteiger partial charge < -0.3 is 20.1 Å². The summed E-state index contributed by atoms with van der Waals surface area (Å²) in [7, 11) is 3.19. The van der Waals surface area contributed by atoms with E-state index in [1.54, 1.807) is 14.2 Å². The van der Waals surface area contributed by atoms with Crippen LogP contribution in [0.4, 0.5) is 0 Å². The molecule has 1 aliphatic heterocycles. The predicted octanol–water partition coefficient (Wildman–Crippen LogP) is 4.09. The van der Waals surface area contributed by atoms with Crippen molar-refractivity contribution >= 4 is 23.1 Å². The third-order valence-electron chi connectivity index (χ3n) is 5.60. The Morgan fingerprint density at radius 3 is 1.61 bits per heavy atom. The Labute approximate surface area is 188 Å². The van der Waals surface area contributed by atoms with E-state index >= 15 is 0 Å². The lowest BCUT2D eigenvalue weighted by atomic mass is 9.61. The number of ketones is 1. The van der Waals surface area contributed by atoms with Crippen molar-refractivity contribution < 1.29 is 14.3 Å². The highest BCUT2D eigenvalue weighted by molar-refractivity contribution is 7.80. The molecule has 3 rings (SSSR count). The van der Waals surface area contributed by atoms with Crippen LogP contribution in [0, 0.1) is 22.2 Å². The quantitative estimate of drug-likeness (QED) is 0.682. The highest BCUT2D eigenvalue weighted by Crippen LogP contribution is 2.50. The van der Waals surface area contributed by atoms with Gasteiger partial charge in [-0.3, -0.25) is 4.79 Å². The van der Waals surface area contributed by atoms with Crippen molar-refractivity contribution in [1.29, 1.82) is 5.26 Å². The minimum absolute atomic E-state index is 0.174. The zero-order chi connectivity index (χ0) is 22.8. The number of hydrogen-bond acceptors (Lipinski definition) is 5. The number of carbonyl (C=O) groups excluding carboxylic acids is 1. The number of hydrogen-bond donors (Lipinski definition) is 2. The molecule has 31 heavy (non-hydrogen) atoms. The molecule has 0 bridgehead atoms. The first kappa shape index (κ1) is 22.6. The first-order chi connectivity index (χ1) is 14.7. The molecular formula is C24H27N3O3S. The summed E-state index contributed by atoms with van der Waals surface area (Å²) >= 11 is 5.50. The lowest BCUT2D eigenvalue weighted by Gasteiger charge is -2.48. The number of rotatable bonds is 5. The van der Waals surface area contributed by atoms with E-state index in [-0.39, 0.29) is 5.78 Å². The Morgan fingerprint density at radius 2 is 1.32 bits per heavy atom. The molecule has 2 atom stereocenters. The van der Waals surface area contributed by atoms with Crippen LogP contribution >= 0.6 is 12.2 Å². The summed E-state index contributed by atoms with van der Waals surface area (Å²) in [6.45, 7) is 5.49. The Kier molecular flexibility index (Phi) is 6.23. The molecular weight excluding hydrogens is 410 g/mol. The van der Waals surface area contributed by atoms with Gasteiger partial charge in [0.05, 0.1) is 32.4 Å². The maximum atomic E-state index is 13.9. The van der Waals surface area contributed by atoms with Crippen LogP contribution in [0.25, 0.3) is 0 Å². The molecule has 0 aliphatic carbocycles. The summed E-state index contributed by atoms with van der Waals surface area (Å²) < 4.78 is 10.5. The molecule has 0 radical (unpaired) electrons. The Balaban J connectivity index is 2.23. The van der Waals surface area contributed by atoms with E-state index in [2.05, 4.69) is 16.7 Å². The molecule has 1 aliphatic rings. The van der Waals surface area contributed by atoms with Gasteiger partial charge in [0.15, 0.2) is 16.3 Å². The maximum absolute atomic E-state index is 13.9. The molecule has 2 N–H and O–H groups in total. The molecule has 6 nitrogen and oxygen atoms in total. The van der Waals surface area contributed by atoms with E-state index in [1.807, 2.05) is 69.3 Å². The second-order valence-electron chi connectivity index (χ2n) is 8.59. The summed E-state index contributed by atoms with van der Waals surface area (Å²) in [6, 6.07) is 15.8. The number of nitrogens with zero attached hydrogens (tertiary/aromatic N) is 1. The van der Waals surface area contributed by atoms with E-state index in [0.29, 0.717) is 16.6 Å². The fourth-order valence-electron chi connectivity index (χ4n) is 4.05. The van der Waals surface area contributed by atoms with Crippen molar-refractivity contribution in [2.24, 2.45) is 10.8 Å². The maximum Gasteiger partial charge on any atom is 0.167 e. The topological polar surface area (TPSA) is 83.4 Å². The summed E-state index contributed by atoms with van der Waals surface area (Å²) in [6.07, 6.45) is 0. The van der Waals surface area contributed by atoms with Gasteiger partial charge in [0.2, 0.25) is 0 Å². The molecule has 162 valence electrons. The van der Waals surface area contributed by atoms with Crippen LogP contribution in [0.5, 0.6) is 11.5 Å². The highest BCUT2D eigenvalue weighted by atomic mass is 32.1. The third kappa shape index (κ3) is 4.08. The summed E-state index contributed by atoms with van der Waals surface area (Å²) in [4.78, 5) is 13.9. The zero-order valence-electron chi connectivity index (χ0n) is 18.4. The van der Waals surface area contributed by atoms with E-state index in [4.69, 9.17) is 21.7 Å². The molecule has 0 amide bonds. The van der Waals surface area contributed by atoms with Crippen LogP contribution < -0.4 is 20.1 Å². The van der Waals surface area contributed by atoms with Gasteiger partial charge in [0, 0.05) is 5.41 Å². The first-order valence-electron chi connectivity index (χ1n) is 9.98. The average Bonchev–Trinajstić information content (AvgIpc) is 2.77. The number of Topliss-reactive ketones (excluding diaryl/α,β-unsaturated/α-hetero) is 1. The number of nitriles is 1. The van der Waals surface area contributed by atoms with Crippen LogP contribution in [-0.4, -0.2) is 25.1 Å². The predicted molar refractivity (Wildman–Crippen MR) is 123 cm³/mol. The van der Waals surface area contributed by atoms with E-state index in [9.17, 15) is 10.1 Å². The van der Waals surface area contributed by atoms with Gasteiger partial charge in [-0.2, -0.15) is 5.26 Å². The van der Waals surface area contributed by atoms with Crippen LogP contribution in [0.2, 0.25) is 0 Å². The number of methoxy groups -OCH3 is 2. The summed E-state index contributed by atoms with van der Waals surface area (Å²) in [5.41, 5.74) is -0.651. The van der Waals surface area contributed by atoms with Crippen molar-refractivity contribution in [3.8, 4) is 17.6 Å². The fourth-order valence-corrected chi connectivity index (χ4v) is 4.28. The van der Waals surface area contributed by atoms with Crippen LogP contribution in [0.1, 0.15) is 44.0 Å². The Morgan fingerprint density at radius 1 is 0.935 bits per heavy atom. The van der Waals surface area contributed by atoms with Crippen molar-refractivity contribution in [3.63, 3.8) is 0 Å². The van der Waals surface area contributed by atoms with E-state index in [1.165, 1.54) is 0 Å².